The van der Waals surface area contributed by atoms with Gasteiger partial charge in [0.15, 0.2) is 0 Å². The molecule has 8 heteroatoms. The smallest absolute Gasteiger partial charge is 0.251 e. The van der Waals surface area contributed by atoms with E-state index in [2.05, 4.69) is 15.5 Å². The predicted molar refractivity (Wildman–Crippen MR) is 109 cm³/mol. The number of rotatable bonds is 9. The van der Waals surface area contributed by atoms with Gasteiger partial charge in [0.25, 0.3) is 5.91 Å². The Balaban J connectivity index is 1.74. The minimum absolute atomic E-state index is 0.0149. The number of hydrogen-bond acceptors (Lipinski definition) is 5. The standard InChI is InChI=1S/C21H32FN3O4/c1-21(2,14-28-3)24-19(26)13-25-7-5-15(6-8-25)12-23-20(27)16-9-17(22)11-18(10-16)29-4/h9-11,15H,5-8,12-14H2,1-4H3,(H,23,27)(H,24,26). The highest BCUT2D eigenvalue weighted by atomic mass is 19.1. The molecule has 0 unspecified atom stereocenters. The molecule has 0 aromatic heterocycles. The molecule has 0 radical (unpaired) electrons. The maximum Gasteiger partial charge on any atom is 0.251 e. The van der Waals surface area contributed by atoms with Crippen LogP contribution in [0.25, 0.3) is 0 Å². The van der Waals surface area contributed by atoms with Crippen LogP contribution in [0.1, 0.15) is 37.0 Å². The number of nitrogens with one attached hydrogen (secondary N) is 2. The van der Waals surface area contributed by atoms with Crippen molar-refractivity contribution >= 4 is 11.8 Å². The van der Waals surface area contributed by atoms with Crippen molar-refractivity contribution in [2.75, 3.05) is 47.0 Å². The molecular weight excluding hydrogens is 377 g/mol. The first-order valence-corrected chi connectivity index (χ1v) is 9.87. The van der Waals surface area contributed by atoms with Crippen molar-refractivity contribution < 1.29 is 23.5 Å². The van der Waals surface area contributed by atoms with Gasteiger partial charge in [-0.25, -0.2) is 4.39 Å². The van der Waals surface area contributed by atoms with E-state index in [1.807, 2.05) is 13.8 Å². The van der Waals surface area contributed by atoms with E-state index in [0.717, 1.165) is 25.9 Å². The molecule has 0 spiro atoms. The number of ether oxygens (including phenoxy) is 2. The zero-order valence-corrected chi connectivity index (χ0v) is 17.7. The van der Waals surface area contributed by atoms with Gasteiger partial charge in [-0.05, 0) is 57.8 Å². The fraction of sp³-hybridized carbons (Fsp3) is 0.619. The molecule has 1 saturated heterocycles. The third-order valence-electron chi connectivity index (χ3n) is 4.98. The third-order valence-corrected chi connectivity index (χ3v) is 4.98. The Hall–Kier alpha value is -2.19. The number of carbonyl (C=O) groups is 2. The number of amides is 2. The van der Waals surface area contributed by atoms with Gasteiger partial charge in [0.2, 0.25) is 5.91 Å². The second kappa shape index (κ2) is 10.5. The Morgan fingerprint density at radius 3 is 2.52 bits per heavy atom. The topological polar surface area (TPSA) is 79.9 Å². The van der Waals surface area contributed by atoms with Crippen molar-refractivity contribution in [1.29, 1.82) is 0 Å². The first kappa shape index (κ1) is 23.1. The van der Waals surface area contributed by atoms with Gasteiger partial charge in [0.1, 0.15) is 11.6 Å². The van der Waals surface area contributed by atoms with E-state index in [9.17, 15) is 14.0 Å². The number of benzene rings is 1. The fourth-order valence-electron chi connectivity index (χ4n) is 3.52. The van der Waals surface area contributed by atoms with E-state index in [1.54, 1.807) is 7.11 Å². The van der Waals surface area contributed by atoms with Crippen LogP contribution in [-0.2, 0) is 9.53 Å². The van der Waals surface area contributed by atoms with Crippen LogP contribution < -0.4 is 15.4 Å². The number of nitrogens with zero attached hydrogens (tertiary/aromatic N) is 1. The number of carbonyl (C=O) groups excluding carboxylic acids is 2. The molecule has 1 aromatic carbocycles. The van der Waals surface area contributed by atoms with Crippen LogP contribution in [0.15, 0.2) is 18.2 Å². The molecule has 1 aliphatic rings. The second-order valence-electron chi connectivity index (χ2n) is 8.17. The van der Waals surface area contributed by atoms with Crippen LogP contribution in [0.4, 0.5) is 4.39 Å². The maximum absolute atomic E-state index is 13.6. The third kappa shape index (κ3) is 7.62. The quantitative estimate of drug-likeness (QED) is 0.650. The van der Waals surface area contributed by atoms with Crippen molar-refractivity contribution in [1.82, 2.24) is 15.5 Å². The maximum atomic E-state index is 13.6. The first-order valence-electron chi connectivity index (χ1n) is 9.87. The molecule has 2 amide bonds. The van der Waals surface area contributed by atoms with Gasteiger partial charge < -0.3 is 20.1 Å². The van der Waals surface area contributed by atoms with Gasteiger partial charge >= 0.3 is 0 Å². The van der Waals surface area contributed by atoms with Gasteiger partial charge in [-0.15, -0.1) is 0 Å². The average Bonchev–Trinajstić information content (AvgIpc) is 2.66. The minimum Gasteiger partial charge on any atom is -0.497 e. The van der Waals surface area contributed by atoms with E-state index in [4.69, 9.17) is 9.47 Å². The van der Waals surface area contributed by atoms with Crippen molar-refractivity contribution in [2.45, 2.75) is 32.2 Å². The fourth-order valence-corrected chi connectivity index (χ4v) is 3.52. The Morgan fingerprint density at radius 2 is 1.90 bits per heavy atom. The molecule has 1 heterocycles. The molecule has 1 fully saturated rings. The summed E-state index contributed by atoms with van der Waals surface area (Å²) in [5.41, 5.74) is -0.150. The SMILES string of the molecule is COCC(C)(C)NC(=O)CN1CCC(CNC(=O)c2cc(F)cc(OC)c2)CC1. The number of hydrogen-bond donors (Lipinski definition) is 2. The summed E-state index contributed by atoms with van der Waals surface area (Å²) in [5, 5.41) is 5.86. The summed E-state index contributed by atoms with van der Waals surface area (Å²) in [4.78, 5) is 26.6. The van der Waals surface area contributed by atoms with E-state index < -0.39 is 11.4 Å². The van der Waals surface area contributed by atoms with Crippen LogP contribution in [-0.4, -0.2) is 69.3 Å². The summed E-state index contributed by atoms with van der Waals surface area (Å²) in [6.45, 7) is 6.79. The number of likely N-dealkylation sites (tertiary alicyclic amines) is 1. The highest BCUT2D eigenvalue weighted by Gasteiger charge is 2.24. The van der Waals surface area contributed by atoms with Gasteiger partial charge in [-0.3, -0.25) is 14.5 Å². The monoisotopic (exact) mass is 409 g/mol. The zero-order valence-electron chi connectivity index (χ0n) is 17.7. The second-order valence-corrected chi connectivity index (χ2v) is 8.17. The van der Waals surface area contributed by atoms with Gasteiger partial charge in [-0.2, -0.15) is 0 Å². The van der Waals surface area contributed by atoms with Gasteiger partial charge in [0.05, 0.1) is 25.8 Å². The zero-order chi connectivity index (χ0) is 21.4. The van der Waals surface area contributed by atoms with Gasteiger partial charge in [0, 0.05) is 25.3 Å². The van der Waals surface area contributed by atoms with E-state index in [-0.39, 0.29) is 17.4 Å². The normalized spacial score (nSPS) is 15.8. The molecule has 162 valence electrons. The molecule has 1 aliphatic heterocycles. The summed E-state index contributed by atoms with van der Waals surface area (Å²) in [6, 6.07) is 3.95. The highest BCUT2D eigenvalue weighted by molar-refractivity contribution is 5.94. The van der Waals surface area contributed by atoms with Gasteiger partial charge in [-0.1, -0.05) is 0 Å². The molecule has 0 saturated carbocycles. The summed E-state index contributed by atoms with van der Waals surface area (Å²) >= 11 is 0. The molecular formula is C21H32FN3O4. The van der Waals surface area contributed by atoms with Crippen molar-refractivity contribution in [3.63, 3.8) is 0 Å². The summed E-state index contributed by atoms with van der Waals surface area (Å²) in [6.07, 6.45) is 1.78. The van der Waals surface area contributed by atoms with Crippen LogP contribution >= 0.6 is 0 Å². The van der Waals surface area contributed by atoms with Crippen molar-refractivity contribution in [3.05, 3.63) is 29.6 Å². The largest absolute Gasteiger partial charge is 0.497 e. The van der Waals surface area contributed by atoms with Crippen LogP contribution in [0.5, 0.6) is 5.75 Å². The molecule has 0 aliphatic carbocycles. The molecule has 29 heavy (non-hydrogen) atoms. The molecule has 7 nitrogen and oxygen atoms in total. The Kier molecular flexibility index (Phi) is 8.40. The molecule has 2 N–H and O–H groups in total. The first-order chi connectivity index (χ1) is 13.7. The number of halogens is 1. The number of piperidine rings is 1. The minimum atomic E-state index is -0.505. The van der Waals surface area contributed by atoms with E-state index in [1.165, 1.54) is 25.3 Å². The molecule has 0 bridgehead atoms. The lowest BCUT2D eigenvalue weighted by Crippen LogP contribution is -2.51. The van der Waals surface area contributed by atoms with E-state index in [0.29, 0.717) is 31.4 Å². The van der Waals surface area contributed by atoms with Crippen LogP contribution in [0.2, 0.25) is 0 Å². The number of methoxy groups -OCH3 is 2. The lowest BCUT2D eigenvalue weighted by atomic mass is 9.96. The lowest BCUT2D eigenvalue weighted by molar-refractivity contribution is -0.124. The summed E-state index contributed by atoms with van der Waals surface area (Å²) < 4.78 is 23.7. The lowest BCUT2D eigenvalue weighted by Gasteiger charge is -2.33. The predicted octanol–water partition coefficient (Wildman–Crippen LogP) is 1.82. The Bertz CT molecular complexity index is 703. The van der Waals surface area contributed by atoms with Crippen LogP contribution in [0.3, 0.4) is 0 Å². The summed E-state index contributed by atoms with van der Waals surface area (Å²) in [7, 11) is 3.05. The highest BCUT2D eigenvalue weighted by Crippen LogP contribution is 2.18. The van der Waals surface area contributed by atoms with E-state index >= 15 is 0 Å². The van der Waals surface area contributed by atoms with Crippen molar-refractivity contribution in [2.24, 2.45) is 5.92 Å². The molecule has 2 rings (SSSR count). The molecule has 1 aromatic rings. The average molecular weight is 410 g/mol. The Labute approximate surface area is 171 Å². The van der Waals surface area contributed by atoms with Crippen LogP contribution in [0, 0.1) is 11.7 Å². The molecule has 0 atom stereocenters. The van der Waals surface area contributed by atoms with Crippen molar-refractivity contribution in [3.8, 4) is 5.75 Å². The summed E-state index contributed by atoms with van der Waals surface area (Å²) in [5.74, 6) is -0.187. The Morgan fingerprint density at radius 1 is 1.21 bits per heavy atom.